The third-order valence-electron chi connectivity index (χ3n) is 2.89. The molecular weight excluding hydrogens is 416 g/mol. The number of rotatable bonds is 2. The van der Waals surface area contributed by atoms with Crippen LogP contribution in [0, 0.1) is 3.57 Å². The van der Waals surface area contributed by atoms with Gasteiger partial charge in [0.05, 0.1) is 10.5 Å². The molecule has 0 N–H and O–H groups in total. The van der Waals surface area contributed by atoms with Gasteiger partial charge in [-0.25, -0.2) is 8.42 Å². The maximum Gasteiger partial charge on any atom is 0.416 e. The van der Waals surface area contributed by atoms with E-state index in [-0.39, 0.29) is 4.90 Å². The Labute approximate surface area is 134 Å². The zero-order valence-corrected chi connectivity index (χ0v) is 13.8. The molecule has 0 atom stereocenters. The van der Waals surface area contributed by atoms with Gasteiger partial charge in [0.1, 0.15) is 0 Å². The van der Waals surface area contributed by atoms with Crippen molar-refractivity contribution in [3.63, 3.8) is 0 Å². The van der Waals surface area contributed by atoms with Crippen molar-refractivity contribution in [2.75, 3.05) is 6.26 Å². The highest BCUT2D eigenvalue weighted by atomic mass is 127. The summed E-state index contributed by atoms with van der Waals surface area (Å²) in [5.74, 6) is 0. The largest absolute Gasteiger partial charge is 0.416 e. The normalized spacial score (nSPS) is 12.4. The van der Waals surface area contributed by atoms with Crippen LogP contribution in [0.15, 0.2) is 47.4 Å². The summed E-state index contributed by atoms with van der Waals surface area (Å²) >= 11 is 1.95. The minimum Gasteiger partial charge on any atom is -0.224 e. The van der Waals surface area contributed by atoms with Crippen LogP contribution in [0.2, 0.25) is 0 Å². The highest BCUT2D eigenvalue weighted by molar-refractivity contribution is 14.1. The van der Waals surface area contributed by atoms with E-state index in [2.05, 4.69) is 0 Å². The first kappa shape index (κ1) is 16.3. The van der Waals surface area contributed by atoms with Gasteiger partial charge in [0.25, 0.3) is 0 Å². The SMILES string of the molecule is CS(=O)(=O)c1ccc(-c2cc(C(F)(F)F)ccc2I)cc1. The maximum atomic E-state index is 12.8. The van der Waals surface area contributed by atoms with E-state index in [0.717, 1.165) is 18.4 Å². The quantitative estimate of drug-likeness (QED) is 0.669. The number of alkyl halides is 3. The topological polar surface area (TPSA) is 34.1 Å². The van der Waals surface area contributed by atoms with Gasteiger partial charge < -0.3 is 0 Å². The number of sulfone groups is 1. The highest BCUT2D eigenvalue weighted by Crippen LogP contribution is 2.34. The van der Waals surface area contributed by atoms with Crippen LogP contribution in [-0.2, 0) is 16.0 Å². The minimum absolute atomic E-state index is 0.133. The minimum atomic E-state index is -4.41. The smallest absolute Gasteiger partial charge is 0.224 e. The molecule has 0 radical (unpaired) electrons. The van der Waals surface area contributed by atoms with E-state index >= 15 is 0 Å². The molecule has 21 heavy (non-hydrogen) atoms. The first-order chi connectivity index (χ1) is 9.59. The van der Waals surface area contributed by atoms with Gasteiger partial charge in [0, 0.05) is 9.83 Å². The summed E-state index contributed by atoms with van der Waals surface area (Å²) in [6.45, 7) is 0. The van der Waals surface area contributed by atoms with Crippen molar-refractivity contribution in [1.82, 2.24) is 0 Å². The predicted molar refractivity (Wildman–Crippen MR) is 82.7 cm³/mol. The van der Waals surface area contributed by atoms with Crippen molar-refractivity contribution in [1.29, 1.82) is 0 Å². The summed E-state index contributed by atoms with van der Waals surface area (Å²) in [6, 6.07) is 9.28. The zero-order valence-electron chi connectivity index (χ0n) is 10.8. The molecule has 0 heterocycles. The van der Waals surface area contributed by atoms with E-state index in [0.29, 0.717) is 14.7 Å². The Hall–Kier alpha value is -1.09. The van der Waals surface area contributed by atoms with Crippen molar-refractivity contribution in [2.45, 2.75) is 11.1 Å². The van der Waals surface area contributed by atoms with Crippen LogP contribution in [0.5, 0.6) is 0 Å². The standard InChI is InChI=1S/C14H10F3IO2S/c1-21(19,20)11-5-2-9(3-6-11)12-8-10(14(15,16)17)4-7-13(12)18/h2-8H,1H3. The van der Waals surface area contributed by atoms with Crippen LogP contribution in [0.4, 0.5) is 13.2 Å². The fraction of sp³-hybridized carbons (Fsp3) is 0.143. The van der Waals surface area contributed by atoms with E-state index in [4.69, 9.17) is 0 Å². The summed E-state index contributed by atoms with van der Waals surface area (Å²) < 4.78 is 61.7. The maximum absolute atomic E-state index is 12.8. The lowest BCUT2D eigenvalue weighted by atomic mass is 10.0. The van der Waals surface area contributed by atoms with Crippen LogP contribution < -0.4 is 0 Å². The number of hydrogen-bond acceptors (Lipinski definition) is 2. The summed E-state index contributed by atoms with van der Waals surface area (Å²) in [5, 5.41) is 0. The Morgan fingerprint density at radius 2 is 1.57 bits per heavy atom. The van der Waals surface area contributed by atoms with E-state index in [1.54, 1.807) is 0 Å². The monoisotopic (exact) mass is 426 g/mol. The molecule has 0 aliphatic carbocycles. The Morgan fingerprint density at radius 1 is 1.00 bits per heavy atom. The third kappa shape index (κ3) is 3.76. The average Bonchev–Trinajstić information content (AvgIpc) is 2.37. The molecule has 2 rings (SSSR count). The van der Waals surface area contributed by atoms with E-state index in [1.807, 2.05) is 22.6 Å². The number of hydrogen-bond donors (Lipinski definition) is 0. The van der Waals surface area contributed by atoms with Crippen LogP contribution in [0.1, 0.15) is 5.56 Å². The molecule has 0 saturated carbocycles. The molecule has 0 amide bonds. The van der Waals surface area contributed by atoms with Crippen LogP contribution in [-0.4, -0.2) is 14.7 Å². The molecule has 112 valence electrons. The van der Waals surface area contributed by atoms with Crippen molar-refractivity contribution >= 4 is 32.4 Å². The Morgan fingerprint density at radius 3 is 2.05 bits per heavy atom. The second-order valence-corrected chi connectivity index (χ2v) is 7.67. The lowest BCUT2D eigenvalue weighted by Crippen LogP contribution is -2.05. The third-order valence-corrected chi connectivity index (χ3v) is 4.96. The van der Waals surface area contributed by atoms with Crippen molar-refractivity contribution < 1.29 is 21.6 Å². The molecule has 0 aliphatic rings. The Bertz CT molecular complexity index is 766. The molecule has 0 aromatic heterocycles. The first-order valence-electron chi connectivity index (χ1n) is 5.76. The molecule has 0 aliphatic heterocycles. The molecule has 2 aromatic rings. The van der Waals surface area contributed by atoms with Gasteiger partial charge in [0.15, 0.2) is 9.84 Å². The van der Waals surface area contributed by atoms with Crippen molar-refractivity contribution in [3.8, 4) is 11.1 Å². The van der Waals surface area contributed by atoms with Gasteiger partial charge in [0.2, 0.25) is 0 Å². The summed E-state index contributed by atoms with van der Waals surface area (Å²) in [4.78, 5) is 0.133. The predicted octanol–water partition coefficient (Wildman–Crippen LogP) is 4.38. The molecule has 2 nitrogen and oxygen atoms in total. The molecule has 2 aromatic carbocycles. The number of halogens is 4. The molecule has 0 fully saturated rings. The fourth-order valence-corrected chi connectivity index (χ4v) is 3.08. The van der Waals surface area contributed by atoms with Crippen LogP contribution >= 0.6 is 22.6 Å². The lowest BCUT2D eigenvalue weighted by Gasteiger charge is -2.11. The average molecular weight is 426 g/mol. The van der Waals surface area contributed by atoms with E-state index in [1.165, 1.54) is 30.3 Å². The van der Waals surface area contributed by atoms with Crippen LogP contribution in [0.3, 0.4) is 0 Å². The van der Waals surface area contributed by atoms with Gasteiger partial charge in [-0.2, -0.15) is 13.2 Å². The van der Waals surface area contributed by atoms with E-state index in [9.17, 15) is 21.6 Å². The first-order valence-corrected chi connectivity index (χ1v) is 8.73. The van der Waals surface area contributed by atoms with Gasteiger partial charge >= 0.3 is 6.18 Å². The van der Waals surface area contributed by atoms with Crippen molar-refractivity contribution in [2.24, 2.45) is 0 Å². The molecule has 0 bridgehead atoms. The number of benzene rings is 2. The Kier molecular flexibility index (Phi) is 4.34. The summed E-state index contributed by atoms with van der Waals surface area (Å²) in [7, 11) is -3.33. The second kappa shape index (κ2) is 5.60. The lowest BCUT2D eigenvalue weighted by molar-refractivity contribution is -0.137. The van der Waals surface area contributed by atoms with Gasteiger partial charge in [-0.05, 0) is 64.0 Å². The van der Waals surface area contributed by atoms with E-state index < -0.39 is 21.6 Å². The molecule has 7 heteroatoms. The summed E-state index contributed by atoms with van der Waals surface area (Å²) in [6.07, 6.45) is -3.33. The van der Waals surface area contributed by atoms with Gasteiger partial charge in [-0.1, -0.05) is 12.1 Å². The molecule has 0 saturated heterocycles. The summed E-state index contributed by atoms with van der Waals surface area (Å²) in [5.41, 5.74) is 0.230. The van der Waals surface area contributed by atoms with Crippen molar-refractivity contribution in [3.05, 3.63) is 51.6 Å². The molecular formula is C14H10F3IO2S. The Balaban J connectivity index is 2.52. The molecule has 0 spiro atoms. The highest BCUT2D eigenvalue weighted by Gasteiger charge is 2.31. The van der Waals surface area contributed by atoms with Gasteiger partial charge in [-0.3, -0.25) is 0 Å². The molecule has 0 unspecified atom stereocenters. The van der Waals surface area contributed by atoms with Gasteiger partial charge in [-0.15, -0.1) is 0 Å². The zero-order chi connectivity index (χ0) is 15.8. The second-order valence-electron chi connectivity index (χ2n) is 4.49. The van der Waals surface area contributed by atoms with Crippen LogP contribution in [0.25, 0.3) is 11.1 Å². The fourth-order valence-electron chi connectivity index (χ4n) is 1.80.